The van der Waals surface area contributed by atoms with Gasteiger partial charge in [0.2, 0.25) is 5.91 Å². The second kappa shape index (κ2) is 7.62. The van der Waals surface area contributed by atoms with Crippen LogP contribution in [0.15, 0.2) is 48.5 Å². The van der Waals surface area contributed by atoms with E-state index in [-0.39, 0.29) is 23.5 Å². The molecule has 4 nitrogen and oxygen atoms in total. The van der Waals surface area contributed by atoms with Gasteiger partial charge in [-0.3, -0.25) is 9.59 Å². The fourth-order valence-electron chi connectivity index (χ4n) is 5.20. The maximum atomic E-state index is 14.2. The van der Waals surface area contributed by atoms with E-state index in [0.717, 1.165) is 37.7 Å². The number of fused-ring (bicyclic) bond motifs is 1. The minimum atomic E-state index is -0.559. The molecule has 2 unspecified atom stereocenters. The van der Waals surface area contributed by atoms with Gasteiger partial charge in [0.15, 0.2) is 0 Å². The number of nitrogens with one attached hydrogen (secondary N) is 1. The standard InChI is InChI=1S/C24H27FN2O2/c1-3-16(2)27-23(29)18-11-5-4-10-17(18)21(24(27)14-8-9-15-24)22(28)26-20-13-7-6-12-19(20)25/h4-7,10-13,16,21H,3,8-9,14-15H2,1-2H3,(H,26,28). The molecule has 2 atom stereocenters. The molecule has 0 radical (unpaired) electrons. The van der Waals surface area contributed by atoms with Gasteiger partial charge in [-0.25, -0.2) is 4.39 Å². The lowest BCUT2D eigenvalue weighted by molar-refractivity contribution is -0.121. The number of rotatable bonds is 4. The number of para-hydroxylation sites is 1. The molecule has 29 heavy (non-hydrogen) atoms. The molecule has 2 aliphatic rings. The maximum Gasteiger partial charge on any atom is 0.254 e. The summed E-state index contributed by atoms with van der Waals surface area (Å²) in [5, 5.41) is 2.81. The van der Waals surface area contributed by atoms with Crippen LogP contribution in [0.5, 0.6) is 0 Å². The monoisotopic (exact) mass is 394 g/mol. The average Bonchev–Trinajstić information content (AvgIpc) is 3.19. The first-order valence-electron chi connectivity index (χ1n) is 10.5. The molecule has 1 aliphatic carbocycles. The Kier molecular flexibility index (Phi) is 5.15. The quantitative estimate of drug-likeness (QED) is 0.783. The van der Waals surface area contributed by atoms with Gasteiger partial charge in [-0.1, -0.05) is 50.1 Å². The number of nitrogens with zero attached hydrogens (tertiary/aromatic N) is 1. The molecule has 5 heteroatoms. The molecule has 2 aromatic rings. The summed E-state index contributed by atoms with van der Waals surface area (Å²) in [5.74, 6) is -1.22. The van der Waals surface area contributed by atoms with Crippen molar-refractivity contribution >= 4 is 17.5 Å². The van der Waals surface area contributed by atoms with Crippen molar-refractivity contribution in [1.29, 1.82) is 0 Å². The zero-order chi connectivity index (χ0) is 20.6. The number of carbonyl (C=O) groups excluding carboxylic acids is 2. The maximum absolute atomic E-state index is 14.2. The van der Waals surface area contributed by atoms with Crippen LogP contribution in [0.1, 0.15) is 67.8 Å². The molecule has 1 heterocycles. The van der Waals surface area contributed by atoms with Crippen molar-refractivity contribution in [1.82, 2.24) is 4.90 Å². The van der Waals surface area contributed by atoms with E-state index in [0.29, 0.717) is 5.56 Å². The van der Waals surface area contributed by atoms with Crippen LogP contribution in [0, 0.1) is 5.82 Å². The molecule has 1 N–H and O–H groups in total. The van der Waals surface area contributed by atoms with E-state index in [9.17, 15) is 14.0 Å². The molecule has 1 aliphatic heterocycles. The Morgan fingerprint density at radius 1 is 1.17 bits per heavy atom. The summed E-state index contributed by atoms with van der Waals surface area (Å²) in [7, 11) is 0. The fraction of sp³-hybridized carbons (Fsp3) is 0.417. The number of hydrogen-bond acceptors (Lipinski definition) is 2. The van der Waals surface area contributed by atoms with E-state index in [1.165, 1.54) is 6.07 Å². The molecule has 0 bridgehead atoms. The van der Waals surface area contributed by atoms with Gasteiger partial charge in [0, 0.05) is 11.6 Å². The van der Waals surface area contributed by atoms with Crippen LogP contribution >= 0.6 is 0 Å². The Balaban J connectivity index is 1.84. The molecule has 2 amide bonds. The Morgan fingerprint density at radius 2 is 1.83 bits per heavy atom. The van der Waals surface area contributed by atoms with Crippen LogP contribution in [0.4, 0.5) is 10.1 Å². The molecule has 2 aromatic carbocycles. The summed E-state index contributed by atoms with van der Waals surface area (Å²) in [6.45, 7) is 4.12. The van der Waals surface area contributed by atoms with Gasteiger partial charge in [-0.05, 0) is 49.9 Å². The zero-order valence-corrected chi connectivity index (χ0v) is 17.0. The second-order valence-corrected chi connectivity index (χ2v) is 8.23. The summed E-state index contributed by atoms with van der Waals surface area (Å²) in [6, 6.07) is 13.6. The highest BCUT2D eigenvalue weighted by atomic mass is 19.1. The molecule has 1 spiro atoms. The van der Waals surface area contributed by atoms with Crippen molar-refractivity contribution in [3.8, 4) is 0 Å². The number of hydrogen-bond donors (Lipinski definition) is 1. The van der Waals surface area contributed by atoms with Crippen molar-refractivity contribution in [2.24, 2.45) is 0 Å². The molecule has 0 aromatic heterocycles. The van der Waals surface area contributed by atoms with Gasteiger partial charge in [0.1, 0.15) is 5.82 Å². The summed E-state index contributed by atoms with van der Waals surface area (Å²) in [4.78, 5) is 29.1. The summed E-state index contributed by atoms with van der Waals surface area (Å²) in [6.07, 6.45) is 4.34. The van der Waals surface area contributed by atoms with E-state index < -0.39 is 17.3 Å². The first-order chi connectivity index (χ1) is 14.0. The number of amides is 2. The third-order valence-corrected chi connectivity index (χ3v) is 6.63. The van der Waals surface area contributed by atoms with Crippen LogP contribution < -0.4 is 5.32 Å². The summed E-state index contributed by atoms with van der Waals surface area (Å²) in [5.41, 5.74) is 0.956. The van der Waals surface area contributed by atoms with E-state index in [1.807, 2.05) is 23.1 Å². The molecule has 4 rings (SSSR count). The first kappa shape index (κ1) is 19.6. The Morgan fingerprint density at radius 3 is 2.52 bits per heavy atom. The van der Waals surface area contributed by atoms with E-state index >= 15 is 0 Å². The van der Waals surface area contributed by atoms with Crippen molar-refractivity contribution in [3.05, 3.63) is 65.5 Å². The minimum absolute atomic E-state index is 0.00629. The smallest absolute Gasteiger partial charge is 0.254 e. The summed E-state index contributed by atoms with van der Waals surface area (Å²) < 4.78 is 14.2. The normalized spacial score (nSPS) is 21.1. The van der Waals surface area contributed by atoms with Gasteiger partial charge in [-0.15, -0.1) is 0 Å². The van der Waals surface area contributed by atoms with Crippen LogP contribution in [-0.4, -0.2) is 28.3 Å². The second-order valence-electron chi connectivity index (χ2n) is 8.23. The van der Waals surface area contributed by atoms with Crippen molar-refractivity contribution in [2.75, 3.05) is 5.32 Å². The Labute approximate surface area is 171 Å². The lowest BCUT2D eigenvalue weighted by Gasteiger charge is -2.52. The highest BCUT2D eigenvalue weighted by Gasteiger charge is 2.56. The van der Waals surface area contributed by atoms with Crippen LogP contribution in [0.2, 0.25) is 0 Å². The van der Waals surface area contributed by atoms with E-state index in [1.54, 1.807) is 24.3 Å². The third kappa shape index (κ3) is 3.13. The van der Waals surface area contributed by atoms with Gasteiger partial charge in [-0.2, -0.15) is 0 Å². The molecular formula is C24H27FN2O2. The van der Waals surface area contributed by atoms with E-state index in [2.05, 4.69) is 19.2 Å². The molecule has 0 saturated heterocycles. The fourth-order valence-corrected chi connectivity index (χ4v) is 5.20. The summed E-state index contributed by atoms with van der Waals surface area (Å²) >= 11 is 0. The molecule has 1 fully saturated rings. The topological polar surface area (TPSA) is 49.4 Å². The van der Waals surface area contributed by atoms with Crippen molar-refractivity contribution < 1.29 is 14.0 Å². The molecule has 152 valence electrons. The highest BCUT2D eigenvalue weighted by molar-refractivity contribution is 6.05. The average molecular weight is 394 g/mol. The van der Waals surface area contributed by atoms with Gasteiger partial charge < -0.3 is 10.2 Å². The molecular weight excluding hydrogens is 367 g/mol. The van der Waals surface area contributed by atoms with Crippen molar-refractivity contribution in [3.63, 3.8) is 0 Å². The molecule has 1 saturated carbocycles. The third-order valence-electron chi connectivity index (χ3n) is 6.63. The number of carbonyl (C=O) groups is 2. The predicted octanol–water partition coefficient (Wildman–Crippen LogP) is 5.12. The van der Waals surface area contributed by atoms with Crippen LogP contribution in [0.3, 0.4) is 0 Å². The highest BCUT2D eigenvalue weighted by Crippen LogP contribution is 2.51. The van der Waals surface area contributed by atoms with Gasteiger partial charge in [0.05, 0.1) is 17.1 Å². The number of halogens is 1. The van der Waals surface area contributed by atoms with E-state index in [4.69, 9.17) is 0 Å². The minimum Gasteiger partial charge on any atom is -0.329 e. The SMILES string of the molecule is CCC(C)N1C(=O)c2ccccc2C(C(=O)Nc2ccccc2F)C12CCCC2. The van der Waals surface area contributed by atoms with Crippen molar-refractivity contribution in [2.45, 2.75) is 63.5 Å². The van der Waals surface area contributed by atoms with Gasteiger partial charge in [0.25, 0.3) is 5.91 Å². The lowest BCUT2D eigenvalue weighted by atomic mass is 9.70. The Bertz CT molecular complexity index is 936. The largest absolute Gasteiger partial charge is 0.329 e. The van der Waals surface area contributed by atoms with Crippen LogP contribution in [0.25, 0.3) is 0 Å². The van der Waals surface area contributed by atoms with Gasteiger partial charge >= 0.3 is 0 Å². The Hall–Kier alpha value is -2.69. The lowest BCUT2D eigenvalue weighted by Crippen LogP contribution is -2.62. The predicted molar refractivity (Wildman–Crippen MR) is 111 cm³/mol. The first-order valence-corrected chi connectivity index (χ1v) is 10.5. The number of benzene rings is 2. The zero-order valence-electron chi connectivity index (χ0n) is 17.0. The van der Waals surface area contributed by atoms with Crippen LogP contribution in [-0.2, 0) is 4.79 Å². The number of anilines is 1.